The molecule has 0 aliphatic rings. The Hall–Kier alpha value is -2.55. The summed E-state index contributed by atoms with van der Waals surface area (Å²) in [6, 6.07) is 4.33. The van der Waals surface area contributed by atoms with Crippen LogP contribution in [0.3, 0.4) is 0 Å². The summed E-state index contributed by atoms with van der Waals surface area (Å²) in [5.41, 5.74) is 0.819. The van der Waals surface area contributed by atoms with E-state index in [0.29, 0.717) is 18.8 Å². The number of hydrogen-bond donors (Lipinski definition) is 0. The third-order valence-electron chi connectivity index (χ3n) is 3.91. The molecule has 3 rings (SSSR count). The molecule has 7 nitrogen and oxygen atoms in total. The number of carbonyl (C=O) groups is 1. The number of hydrogen-bond acceptors (Lipinski definition) is 4. The number of carbonyl (C=O) groups excluding carboxylic acids is 1. The average Bonchev–Trinajstić information content (AvgIpc) is 3.18. The Bertz CT molecular complexity index is 961. The number of nitrogens with zero attached hydrogens (tertiary/aromatic N) is 6. The van der Waals surface area contributed by atoms with Crippen molar-refractivity contribution in [3.8, 4) is 0 Å². The molecule has 0 saturated heterocycles. The molecule has 0 aliphatic heterocycles. The van der Waals surface area contributed by atoms with Crippen LogP contribution >= 0.6 is 11.6 Å². The molecule has 0 spiro atoms. The van der Waals surface area contributed by atoms with Crippen molar-refractivity contribution in [1.29, 1.82) is 0 Å². The van der Waals surface area contributed by atoms with E-state index in [2.05, 4.69) is 15.2 Å². The van der Waals surface area contributed by atoms with E-state index in [1.54, 1.807) is 24.9 Å². The van der Waals surface area contributed by atoms with Gasteiger partial charge in [0, 0.05) is 31.5 Å². The minimum Gasteiger partial charge on any atom is -0.334 e. The van der Waals surface area contributed by atoms with Gasteiger partial charge in [-0.05, 0) is 37.6 Å². The largest absolute Gasteiger partial charge is 0.364 e. The lowest BCUT2D eigenvalue weighted by Crippen LogP contribution is -2.28. The van der Waals surface area contributed by atoms with Crippen molar-refractivity contribution in [2.45, 2.75) is 32.3 Å². The van der Waals surface area contributed by atoms with Crippen LogP contribution in [0.5, 0.6) is 0 Å². The lowest BCUT2D eigenvalue weighted by Gasteiger charge is -2.16. The Labute approximate surface area is 153 Å². The highest BCUT2D eigenvalue weighted by Gasteiger charge is 2.33. The second-order valence-electron chi connectivity index (χ2n) is 5.88. The summed E-state index contributed by atoms with van der Waals surface area (Å²) in [6.07, 6.45) is 1.66. The van der Waals surface area contributed by atoms with E-state index in [0.717, 1.165) is 16.3 Å². The molecule has 0 N–H and O–H groups in total. The number of alkyl halides is 3. The summed E-state index contributed by atoms with van der Waals surface area (Å²) in [4.78, 5) is 18.2. The van der Waals surface area contributed by atoms with Crippen molar-refractivity contribution in [3.05, 3.63) is 47.2 Å². The Morgan fingerprint density at radius 3 is 2.77 bits per heavy atom. The second kappa shape index (κ2) is 6.64. The van der Waals surface area contributed by atoms with Crippen LogP contribution in [-0.2, 0) is 18.5 Å². The summed E-state index contributed by atoms with van der Waals surface area (Å²) in [6.45, 7) is 4.50. The van der Waals surface area contributed by atoms with Crippen LogP contribution in [0.15, 0.2) is 24.4 Å². The first-order valence-corrected chi connectivity index (χ1v) is 8.29. The van der Waals surface area contributed by atoms with Crippen LogP contribution in [0.2, 0.25) is 0 Å². The standard InChI is InChI=1S/C16H17ClF2N6O/c1-4-24-11(5-6-20-24)9-23(3)15(26)12-8-14-21-10(2)7-13(16(17,18)19)25(14)22-12/h5-8H,4,9H2,1-3H3. The molecular formula is C16H17ClF2N6O. The number of aromatic nitrogens is 5. The van der Waals surface area contributed by atoms with Gasteiger partial charge in [-0.2, -0.15) is 19.0 Å². The maximum atomic E-state index is 13.6. The number of halogens is 3. The van der Waals surface area contributed by atoms with E-state index in [1.165, 1.54) is 11.0 Å². The second-order valence-corrected chi connectivity index (χ2v) is 6.35. The predicted molar refractivity (Wildman–Crippen MR) is 91.2 cm³/mol. The fraction of sp³-hybridized carbons (Fsp3) is 0.375. The molecule has 0 saturated carbocycles. The monoisotopic (exact) mass is 382 g/mol. The molecule has 10 heteroatoms. The van der Waals surface area contributed by atoms with Crippen LogP contribution in [-0.4, -0.2) is 42.2 Å². The summed E-state index contributed by atoms with van der Waals surface area (Å²) in [5.74, 6) is -0.416. The molecule has 0 atom stereocenters. The third kappa shape index (κ3) is 3.39. The summed E-state index contributed by atoms with van der Waals surface area (Å²) in [5, 5.41) is 4.52. The smallest absolute Gasteiger partial charge is 0.334 e. The van der Waals surface area contributed by atoms with Gasteiger partial charge in [0.15, 0.2) is 11.3 Å². The molecule has 3 aromatic heterocycles. The molecule has 138 valence electrons. The Balaban J connectivity index is 1.93. The molecule has 0 fully saturated rings. The zero-order valence-electron chi connectivity index (χ0n) is 14.4. The van der Waals surface area contributed by atoms with E-state index in [-0.39, 0.29) is 11.3 Å². The molecule has 0 bridgehead atoms. The zero-order chi connectivity index (χ0) is 19.1. The maximum absolute atomic E-state index is 13.6. The summed E-state index contributed by atoms with van der Waals surface area (Å²) < 4.78 is 29.9. The summed E-state index contributed by atoms with van der Waals surface area (Å²) in [7, 11) is 1.61. The number of rotatable bonds is 5. The van der Waals surface area contributed by atoms with Crippen molar-refractivity contribution in [1.82, 2.24) is 29.3 Å². The van der Waals surface area contributed by atoms with Gasteiger partial charge in [0.05, 0.1) is 12.2 Å². The fourth-order valence-electron chi connectivity index (χ4n) is 2.70. The SMILES string of the molecule is CCn1nccc1CN(C)C(=O)c1cc2nc(C)cc(C(F)(F)Cl)n2n1. The van der Waals surface area contributed by atoms with E-state index < -0.39 is 17.0 Å². The molecule has 26 heavy (non-hydrogen) atoms. The van der Waals surface area contributed by atoms with E-state index in [9.17, 15) is 13.6 Å². The highest BCUT2D eigenvalue weighted by molar-refractivity contribution is 6.21. The zero-order valence-corrected chi connectivity index (χ0v) is 15.2. The molecule has 0 unspecified atom stereocenters. The molecule has 1 amide bonds. The van der Waals surface area contributed by atoms with Crippen molar-refractivity contribution in [2.75, 3.05) is 7.05 Å². The first-order valence-electron chi connectivity index (χ1n) is 7.91. The minimum absolute atomic E-state index is 0.00957. The molecular weight excluding hydrogens is 366 g/mol. The number of aryl methyl sites for hydroxylation is 2. The van der Waals surface area contributed by atoms with Gasteiger partial charge in [0.2, 0.25) is 0 Å². The normalized spacial score (nSPS) is 11.9. The van der Waals surface area contributed by atoms with Crippen LogP contribution < -0.4 is 0 Å². The van der Waals surface area contributed by atoms with E-state index in [4.69, 9.17) is 11.6 Å². The topological polar surface area (TPSA) is 68.3 Å². The molecule has 0 aromatic carbocycles. The highest BCUT2D eigenvalue weighted by atomic mass is 35.5. The van der Waals surface area contributed by atoms with Gasteiger partial charge >= 0.3 is 5.38 Å². The van der Waals surface area contributed by atoms with Gasteiger partial charge in [-0.15, -0.1) is 0 Å². The molecule has 3 heterocycles. The lowest BCUT2D eigenvalue weighted by molar-refractivity contribution is 0.0769. The Morgan fingerprint density at radius 1 is 1.38 bits per heavy atom. The van der Waals surface area contributed by atoms with Gasteiger partial charge in [-0.3, -0.25) is 9.48 Å². The first kappa shape index (κ1) is 18.2. The van der Waals surface area contributed by atoms with Crippen molar-refractivity contribution in [3.63, 3.8) is 0 Å². The van der Waals surface area contributed by atoms with Gasteiger partial charge < -0.3 is 4.90 Å². The quantitative estimate of drug-likeness (QED) is 0.636. The van der Waals surface area contributed by atoms with Crippen LogP contribution in [0.1, 0.15) is 34.5 Å². The van der Waals surface area contributed by atoms with Gasteiger partial charge in [0.25, 0.3) is 5.91 Å². The van der Waals surface area contributed by atoms with Crippen molar-refractivity contribution in [2.24, 2.45) is 0 Å². The average molecular weight is 383 g/mol. The lowest BCUT2D eigenvalue weighted by atomic mass is 10.3. The number of amides is 1. The van der Waals surface area contributed by atoms with Crippen LogP contribution in [0, 0.1) is 6.92 Å². The van der Waals surface area contributed by atoms with Gasteiger partial charge in [-0.25, -0.2) is 9.50 Å². The molecule has 3 aromatic rings. The molecule has 0 radical (unpaired) electrons. The minimum atomic E-state index is -3.63. The van der Waals surface area contributed by atoms with Crippen LogP contribution in [0.4, 0.5) is 8.78 Å². The van der Waals surface area contributed by atoms with E-state index >= 15 is 0 Å². The van der Waals surface area contributed by atoms with E-state index in [1.807, 2.05) is 13.0 Å². The third-order valence-corrected chi connectivity index (χ3v) is 4.11. The Morgan fingerprint density at radius 2 is 2.12 bits per heavy atom. The molecule has 0 aliphatic carbocycles. The number of fused-ring (bicyclic) bond motifs is 1. The van der Waals surface area contributed by atoms with Crippen molar-refractivity contribution >= 4 is 23.2 Å². The maximum Gasteiger partial charge on any atom is 0.364 e. The highest BCUT2D eigenvalue weighted by Crippen LogP contribution is 2.32. The van der Waals surface area contributed by atoms with Gasteiger partial charge in [0.1, 0.15) is 5.69 Å². The van der Waals surface area contributed by atoms with Crippen molar-refractivity contribution < 1.29 is 13.6 Å². The first-order chi connectivity index (χ1) is 12.2. The van der Waals surface area contributed by atoms with Gasteiger partial charge in [-0.1, -0.05) is 0 Å². The fourth-order valence-corrected chi connectivity index (χ4v) is 2.83. The van der Waals surface area contributed by atoms with Crippen LogP contribution in [0.25, 0.3) is 5.65 Å². The summed E-state index contributed by atoms with van der Waals surface area (Å²) >= 11 is 5.16. The predicted octanol–water partition coefficient (Wildman–Crippen LogP) is 2.81. The Kier molecular flexibility index (Phi) is 4.66.